The first-order valence-electron chi connectivity index (χ1n) is 9.02. The zero-order chi connectivity index (χ0) is 18.4. The summed E-state index contributed by atoms with van der Waals surface area (Å²) in [7, 11) is 1.61. The molecule has 1 N–H and O–H groups in total. The minimum absolute atomic E-state index is 0.203. The quantitative estimate of drug-likeness (QED) is 0.799. The Morgan fingerprint density at radius 2 is 1.54 bits per heavy atom. The number of anilines is 1. The Bertz CT molecular complexity index is 706. The highest BCUT2D eigenvalue weighted by Gasteiger charge is 2.17. The molecule has 1 aliphatic rings. The van der Waals surface area contributed by atoms with Crippen LogP contribution in [0.5, 0.6) is 17.2 Å². The molecular weight excluding hydrogens is 330 g/mol. The number of ether oxygens (including phenoxy) is 3. The molecule has 1 aliphatic carbocycles. The molecule has 2 aromatic carbocycles. The molecule has 1 amide bonds. The van der Waals surface area contributed by atoms with E-state index in [2.05, 4.69) is 5.32 Å². The number of hydrogen-bond acceptors (Lipinski definition) is 4. The van der Waals surface area contributed by atoms with Gasteiger partial charge in [0.05, 0.1) is 13.2 Å². The molecule has 0 aromatic heterocycles. The summed E-state index contributed by atoms with van der Waals surface area (Å²) in [4.78, 5) is 12.3. The molecule has 0 heterocycles. The summed E-state index contributed by atoms with van der Waals surface area (Å²) in [6.07, 6.45) is 4.44. The first-order valence-corrected chi connectivity index (χ1v) is 9.02. The van der Waals surface area contributed by atoms with Gasteiger partial charge in [-0.15, -0.1) is 0 Å². The minimum Gasteiger partial charge on any atom is -0.497 e. The molecule has 5 nitrogen and oxygen atoms in total. The molecule has 0 aliphatic heterocycles. The van der Waals surface area contributed by atoms with E-state index in [0.29, 0.717) is 11.9 Å². The predicted octanol–water partition coefficient (Wildman–Crippen LogP) is 4.42. The van der Waals surface area contributed by atoms with Crippen LogP contribution in [0.15, 0.2) is 48.5 Å². The van der Waals surface area contributed by atoms with Gasteiger partial charge in [-0.25, -0.2) is 0 Å². The zero-order valence-electron chi connectivity index (χ0n) is 15.2. The van der Waals surface area contributed by atoms with Gasteiger partial charge in [0.2, 0.25) is 0 Å². The van der Waals surface area contributed by atoms with E-state index in [-0.39, 0.29) is 5.91 Å². The van der Waals surface area contributed by atoms with Crippen molar-refractivity contribution < 1.29 is 19.0 Å². The van der Waals surface area contributed by atoms with Crippen LogP contribution in [0.2, 0.25) is 0 Å². The second-order valence-electron chi connectivity index (χ2n) is 6.47. The smallest absolute Gasteiger partial charge is 0.265 e. The molecule has 0 radical (unpaired) electrons. The van der Waals surface area contributed by atoms with Crippen molar-refractivity contribution in [1.82, 2.24) is 0 Å². The topological polar surface area (TPSA) is 56.8 Å². The maximum Gasteiger partial charge on any atom is 0.265 e. The van der Waals surface area contributed by atoms with E-state index < -0.39 is 6.10 Å². The summed E-state index contributed by atoms with van der Waals surface area (Å²) >= 11 is 0. The normalized spacial score (nSPS) is 15.3. The molecule has 1 fully saturated rings. The molecule has 1 saturated carbocycles. The lowest BCUT2D eigenvalue weighted by Crippen LogP contribution is -2.30. The van der Waals surface area contributed by atoms with Crippen LogP contribution in [-0.4, -0.2) is 25.2 Å². The maximum absolute atomic E-state index is 12.3. The monoisotopic (exact) mass is 355 g/mol. The van der Waals surface area contributed by atoms with Gasteiger partial charge in [0.25, 0.3) is 5.91 Å². The third kappa shape index (κ3) is 4.91. The molecule has 5 heteroatoms. The summed E-state index contributed by atoms with van der Waals surface area (Å²) in [6, 6.07) is 14.6. The van der Waals surface area contributed by atoms with E-state index in [1.54, 1.807) is 38.3 Å². The lowest BCUT2D eigenvalue weighted by atomic mass is 10.2. The zero-order valence-corrected chi connectivity index (χ0v) is 15.2. The Morgan fingerprint density at radius 1 is 0.962 bits per heavy atom. The maximum atomic E-state index is 12.3. The Morgan fingerprint density at radius 3 is 2.15 bits per heavy atom. The molecule has 26 heavy (non-hydrogen) atoms. The van der Waals surface area contributed by atoms with Gasteiger partial charge in [-0.05, 0) is 81.1 Å². The van der Waals surface area contributed by atoms with E-state index >= 15 is 0 Å². The number of carbonyl (C=O) groups is 1. The number of benzene rings is 2. The fraction of sp³-hybridized carbons (Fsp3) is 0.381. The van der Waals surface area contributed by atoms with Crippen LogP contribution >= 0.6 is 0 Å². The van der Waals surface area contributed by atoms with Crippen molar-refractivity contribution in [2.45, 2.75) is 44.8 Å². The Labute approximate surface area is 154 Å². The highest BCUT2D eigenvalue weighted by molar-refractivity contribution is 5.94. The number of nitrogens with one attached hydrogen (secondary N) is 1. The van der Waals surface area contributed by atoms with E-state index in [1.165, 1.54) is 12.8 Å². The van der Waals surface area contributed by atoms with Crippen LogP contribution in [0.1, 0.15) is 32.6 Å². The van der Waals surface area contributed by atoms with Crippen LogP contribution in [0.4, 0.5) is 5.69 Å². The van der Waals surface area contributed by atoms with E-state index in [0.717, 1.165) is 30.0 Å². The van der Waals surface area contributed by atoms with Gasteiger partial charge in [-0.2, -0.15) is 0 Å². The Balaban J connectivity index is 1.51. The average molecular weight is 355 g/mol. The third-order valence-corrected chi connectivity index (χ3v) is 4.47. The van der Waals surface area contributed by atoms with Crippen LogP contribution in [0, 0.1) is 0 Å². The lowest BCUT2D eigenvalue weighted by molar-refractivity contribution is -0.122. The molecule has 0 spiro atoms. The molecule has 2 aromatic rings. The van der Waals surface area contributed by atoms with Gasteiger partial charge in [0.1, 0.15) is 17.2 Å². The first kappa shape index (κ1) is 18.1. The number of carbonyl (C=O) groups excluding carboxylic acids is 1. The standard InChI is InChI=1S/C21H25NO4/c1-15(25-19-13-11-17(24-2)12-14-19)21(23)22-16-7-9-20(10-8-16)26-18-5-3-4-6-18/h7-15,18H,3-6H2,1-2H3,(H,22,23)/t15-/m1/s1. The van der Waals surface area contributed by atoms with Crippen molar-refractivity contribution in [3.63, 3.8) is 0 Å². The molecule has 1 atom stereocenters. The molecule has 0 unspecified atom stereocenters. The number of amides is 1. The Hall–Kier alpha value is -2.69. The van der Waals surface area contributed by atoms with Gasteiger partial charge >= 0.3 is 0 Å². The van der Waals surface area contributed by atoms with Gasteiger partial charge < -0.3 is 19.5 Å². The van der Waals surface area contributed by atoms with Crippen LogP contribution in [-0.2, 0) is 4.79 Å². The summed E-state index contributed by atoms with van der Waals surface area (Å²) in [5.41, 5.74) is 0.721. The molecule has 0 bridgehead atoms. The summed E-state index contributed by atoms with van der Waals surface area (Å²) in [5, 5.41) is 2.86. The first-order chi connectivity index (χ1) is 12.6. The van der Waals surface area contributed by atoms with Crippen molar-refractivity contribution >= 4 is 11.6 Å². The van der Waals surface area contributed by atoms with Crippen molar-refractivity contribution in [2.75, 3.05) is 12.4 Å². The second-order valence-corrected chi connectivity index (χ2v) is 6.47. The molecule has 138 valence electrons. The van der Waals surface area contributed by atoms with Crippen molar-refractivity contribution in [3.05, 3.63) is 48.5 Å². The summed E-state index contributed by atoms with van der Waals surface area (Å²) < 4.78 is 16.7. The van der Waals surface area contributed by atoms with E-state index in [4.69, 9.17) is 14.2 Å². The number of methoxy groups -OCH3 is 1. The fourth-order valence-corrected chi connectivity index (χ4v) is 2.97. The van der Waals surface area contributed by atoms with Gasteiger partial charge in [-0.1, -0.05) is 0 Å². The highest BCUT2D eigenvalue weighted by atomic mass is 16.5. The largest absolute Gasteiger partial charge is 0.497 e. The number of hydrogen-bond donors (Lipinski definition) is 1. The minimum atomic E-state index is -0.613. The number of rotatable bonds is 7. The summed E-state index contributed by atoms with van der Waals surface area (Å²) in [5.74, 6) is 2.01. The summed E-state index contributed by atoms with van der Waals surface area (Å²) in [6.45, 7) is 1.72. The van der Waals surface area contributed by atoms with Gasteiger partial charge in [0, 0.05) is 5.69 Å². The highest BCUT2D eigenvalue weighted by Crippen LogP contribution is 2.25. The second kappa shape index (κ2) is 8.61. The Kier molecular flexibility index (Phi) is 6.00. The SMILES string of the molecule is COc1ccc(O[C@H](C)C(=O)Nc2ccc(OC3CCCC3)cc2)cc1. The van der Waals surface area contributed by atoms with Gasteiger partial charge in [0.15, 0.2) is 6.10 Å². The molecular formula is C21H25NO4. The lowest BCUT2D eigenvalue weighted by Gasteiger charge is -2.16. The van der Waals surface area contributed by atoms with E-state index in [9.17, 15) is 4.79 Å². The van der Waals surface area contributed by atoms with Gasteiger partial charge in [-0.3, -0.25) is 4.79 Å². The average Bonchev–Trinajstić information content (AvgIpc) is 3.17. The predicted molar refractivity (Wildman–Crippen MR) is 101 cm³/mol. The third-order valence-electron chi connectivity index (χ3n) is 4.47. The molecule has 0 saturated heterocycles. The fourth-order valence-electron chi connectivity index (χ4n) is 2.97. The van der Waals surface area contributed by atoms with Crippen LogP contribution < -0.4 is 19.5 Å². The van der Waals surface area contributed by atoms with Crippen LogP contribution in [0.25, 0.3) is 0 Å². The molecule has 3 rings (SSSR count). The van der Waals surface area contributed by atoms with Crippen molar-refractivity contribution in [3.8, 4) is 17.2 Å². The van der Waals surface area contributed by atoms with Crippen molar-refractivity contribution in [1.29, 1.82) is 0 Å². The van der Waals surface area contributed by atoms with E-state index in [1.807, 2.05) is 24.3 Å². The van der Waals surface area contributed by atoms with Crippen LogP contribution in [0.3, 0.4) is 0 Å². The van der Waals surface area contributed by atoms with Crippen molar-refractivity contribution in [2.24, 2.45) is 0 Å².